The highest BCUT2D eigenvalue weighted by molar-refractivity contribution is 7.10. The van der Waals surface area contributed by atoms with Gasteiger partial charge in [0.1, 0.15) is 11.5 Å². The molecule has 0 fully saturated rings. The van der Waals surface area contributed by atoms with E-state index >= 15 is 0 Å². The van der Waals surface area contributed by atoms with Gasteiger partial charge in [-0.1, -0.05) is 0 Å². The van der Waals surface area contributed by atoms with Crippen molar-refractivity contribution >= 4 is 11.3 Å². The van der Waals surface area contributed by atoms with E-state index in [1.807, 2.05) is 5.51 Å². The maximum Gasteiger partial charge on any atom is 0.183 e. The molecule has 0 atom stereocenters. The summed E-state index contributed by atoms with van der Waals surface area (Å²) in [5, 5.41) is 11.7. The van der Waals surface area contributed by atoms with Crippen molar-refractivity contribution < 1.29 is 0 Å². The van der Waals surface area contributed by atoms with E-state index in [-0.39, 0.29) is 0 Å². The lowest BCUT2D eigenvalue weighted by Crippen LogP contribution is -2.28. The van der Waals surface area contributed by atoms with Crippen molar-refractivity contribution in [1.29, 1.82) is 0 Å². The molecule has 5 nitrogen and oxygen atoms in total. The molecule has 1 aliphatic rings. The molecule has 0 radical (unpaired) electrons. The Labute approximate surface area is 91.2 Å². The summed E-state index contributed by atoms with van der Waals surface area (Å²) in [6, 6.07) is 0. The van der Waals surface area contributed by atoms with Crippen LogP contribution in [-0.2, 0) is 13.1 Å². The van der Waals surface area contributed by atoms with Crippen molar-refractivity contribution in [3.63, 3.8) is 0 Å². The van der Waals surface area contributed by atoms with Gasteiger partial charge in [-0.15, -0.1) is 21.5 Å². The first-order valence-electron chi connectivity index (χ1n) is 4.89. The van der Waals surface area contributed by atoms with Crippen LogP contribution < -0.4 is 5.32 Å². The Kier molecular flexibility index (Phi) is 2.03. The molecule has 1 N–H and O–H groups in total. The van der Waals surface area contributed by atoms with Crippen LogP contribution in [0.25, 0.3) is 11.5 Å². The first-order valence-corrected chi connectivity index (χ1v) is 5.77. The quantitative estimate of drug-likeness (QED) is 0.774. The van der Waals surface area contributed by atoms with Crippen LogP contribution in [0.4, 0.5) is 0 Å². The van der Waals surface area contributed by atoms with E-state index < -0.39 is 0 Å². The molecule has 0 bridgehead atoms. The van der Waals surface area contributed by atoms with Crippen LogP contribution in [0.2, 0.25) is 0 Å². The maximum absolute atomic E-state index is 4.34. The molecular weight excluding hydrogens is 210 g/mol. The highest BCUT2D eigenvalue weighted by atomic mass is 32.1. The summed E-state index contributed by atoms with van der Waals surface area (Å²) in [5.74, 6) is 1.91. The molecule has 0 saturated heterocycles. The van der Waals surface area contributed by atoms with Gasteiger partial charge in [0.2, 0.25) is 0 Å². The minimum atomic E-state index is 0.802. The van der Waals surface area contributed by atoms with Crippen LogP contribution in [0.3, 0.4) is 0 Å². The number of aryl methyl sites for hydroxylation is 1. The van der Waals surface area contributed by atoms with Crippen molar-refractivity contribution in [2.45, 2.75) is 20.0 Å². The topological polar surface area (TPSA) is 55.6 Å². The summed E-state index contributed by atoms with van der Waals surface area (Å²) in [4.78, 5) is 5.54. The van der Waals surface area contributed by atoms with Crippen molar-refractivity contribution in [2.24, 2.45) is 0 Å². The Morgan fingerprint density at radius 3 is 3.20 bits per heavy atom. The van der Waals surface area contributed by atoms with Crippen LogP contribution in [0, 0.1) is 6.92 Å². The number of aromatic nitrogens is 4. The normalized spacial score (nSPS) is 15.3. The van der Waals surface area contributed by atoms with Gasteiger partial charge in [-0.3, -0.25) is 0 Å². The molecule has 2 aromatic heterocycles. The Hall–Kier alpha value is -1.27. The van der Waals surface area contributed by atoms with Gasteiger partial charge < -0.3 is 9.88 Å². The van der Waals surface area contributed by atoms with Gasteiger partial charge in [-0.05, 0) is 6.92 Å². The van der Waals surface area contributed by atoms with E-state index in [0.717, 1.165) is 37.0 Å². The molecule has 78 valence electrons. The van der Waals surface area contributed by atoms with Gasteiger partial charge in [-0.25, -0.2) is 4.98 Å². The van der Waals surface area contributed by atoms with Crippen LogP contribution >= 0.6 is 11.3 Å². The summed E-state index contributed by atoms with van der Waals surface area (Å²) in [6.45, 7) is 4.77. The molecule has 3 heterocycles. The lowest BCUT2D eigenvalue weighted by atomic mass is 10.3. The molecular formula is C9H11N5S. The largest absolute Gasteiger partial charge is 0.308 e. The average Bonchev–Trinajstić information content (AvgIpc) is 2.83. The summed E-state index contributed by atoms with van der Waals surface area (Å²) < 4.78 is 2.15. The van der Waals surface area contributed by atoms with E-state index in [0.29, 0.717) is 0 Å². The Morgan fingerprint density at radius 1 is 1.47 bits per heavy atom. The van der Waals surface area contributed by atoms with E-state index in [1.165, 1.54) is 4.88 Å². The molecule has 2 aromatic rings. The van der Waals surface area contributed by atoms with Crippen LogP contribution in [-0.4, -0.2) is 26.3 Å². The average molecular weight is 221 g/mol. The van der Waals surface area contributed by atoms with Gasteiger partial charge in [0.15, 0.2) is 5.82 Å². The second-order valence-electron chi connectivity index (χ2n) is 3.53. The van der Waals surface area contributed by atoms with Crippen LogP contribution in [0.15, 0.2) is 5.51 Å². The summed E-state index contributed by atoms with van der Waals surface area (Å²) in [6.07, 6.45) is 0. The minimum absolute atomic E-state index is 0.802. The zero-order chi connectivity index (χ0) is 10.3. The number of hydrogen-bond acceptors (Lipinski definition) is 5. The number of fused-ring (bicyclic) bond motifs is 1. The fourth-order valence-corrected chi connectivity index (χ4v) is 2.36. The molecule has 0 amide bonds. The SMILES string of the molecule is Cc1scnc1-c1nnc2n1CCNC2. The van der Waals surface area contributed by atoms with Gasteiger partial charge >= 0.3 is 0 Å². The first-order chi connectivity index (χ1) is 7.36. The van der Waals surface area contributed by atoms with Gasteiger partial charge in [-0.2, -0.15) is 0 Å². The van der Waals surface area contributed by atoms with E-state index in [9.17, 15) is 0 Å². The zero-order valence-electron chi connectivity index (χ0n) is 8.40. The van der Waals surface area contributed by atoms with Gasteiger partial charge in [0, 0.05) is 18.0 Å². The summed E-state index contributed by atoms with van der Waals surface area (Å²) in [7, 11) is 0. The molecule has 0 aliphatic carbocycles. The molecule has 1 aliphatic heterocycles. The predicted molar refractivity (Wildman–Crippen MR) is 57.6 cm³/mol. The highest BCUT2D eigenvalue weighted by Gasteiger charge is 2.18. The molecule has 0 aromatic carbocycles. The monoisotopic (exact) mass is 221 g/mol. The van der Waals surface area contributed by atoms with E-state index in [1.54, 1.807) is 11.3 Å². The second kappa shape index (κ2) is 3.39. The standard InChI is InChI=1S/C9H11N5S/c1-6-8(11-5-15-6)9-13-12-7-4-10-2-3-14(7)9/h5,10H,2-4H2,1H3. The van der Waals surface area contributed by atoms with Crippen molar-refractivity contribution in [2.75, 3.05) is 6.54 Å². The summed E-state index contributed by atoms with van der Waals surface area (Å²) >= 11 is 1.65. The van der Waals surface area contributed by atoms with Gasteiger partial charge in [0.25, 0.3) is 0 Å². The minimum Gasteiger partial charge on any atom is -0.308 e. The molecule has 0 saturated carbocycles. The smallest absolute Gasteiger partial charge is 0.183 e. The molecule has 3 rings (SSSR count). The highest BCUT2D eigenvalue weighted by Crippen LogP contribution is 2.24. The second-order valence-corrected chi connectivity index (χ2v) is 4.58. The Morgan fingerprint density at radius 2 is 2.40 bits per heavy atom. The van der Waals surface area contributed by atoms with E-state index in [4.69, 9.17) is 0 Å². The van der Waals surface area contributed by atoms with Crippen LogP contribution in [0.1, 0.15) is 10.7 Å². The maximum atomic E-state index is 4.34. The number of nitrogens with one attached hydrogen (secondary N) is 1. The first kappa shape index (κ1) is 8.99. The lowest BCUT2D eigenvalue weighted by molar-refractivity contribution is 0.508. The lowest BCUT2D eigenvalue weighted by Gasteiger charge is -2.15. The Bertz CT molecular complexity index is 486. The number of thiazole rings is 1. The molecule has 0 unspecified atom stereocenters. The summed E-state index contributed by atoms with van der Waals surface area (Å²) in [5.41, 5.74) is 2.83. The third-order valence-electron chi connectivity index (χ3n) is 2.58. The molecule has 0 spiro atoms. The molecule has 6 heteroatoms. The Balaban J connectivity index is 2.13. The van der Waals surface area contributed by atoms with Crippen LogP contribution in [0.5, 0.6) is 0 Å². The zero-order valence-corrected chi connectivity index (χ0v) is 9.21. The van der Waals surface area contributed by atoms with Crippen molar-refractivity contribution in [3.05, 3.63) is 16.2 Å². The third kappa shape index (κ3) is 1.37. The van der Waals surface area contributed by atoms with E-state index in [2.05, 4.69) is 32.0 Å². The fraction of sp³-hybridized carbons (Fsp3) is 0.444. The predicted octanol–water partition coefficient (Wildman–Crippen LogP) is 0.813. The number of hydrogen-bond donors (Lipinski definition) is 1. The van der Waals surface area contributed by atoms with Gasteiger partial charge in [0.05, 0.1) is 12.1 Å². The fourth-order valence-electron chi connectivity index (χ4n) is 1.79. The number of rotatable bonds is 1. The third-order valence-corrected chi connectivity index (χ3v) is 3.34. The van der Waals surface area contributed by atoms with Crippen molar-refractivity contribution in [3.8, 4) is 11.5 Å². The number of nitrogens with zero attached hydrogens (tertiary/aromatic N) is 4. The molecule has 15 heavy (non-hydrogen) atoms. The van der Waals surface area contributed by atoms with Crippen molar-refractivity contribution in [1.82, 2.24) is 25.1 Å².